The van der Waals surface area contributed by atoms with Gasteiger partial charge in [-0.1, -0.05) is 36.4 Å². The van der Waals surface area contributed by atoms with E-state index in [9.17, 15) is 4.39 Å². The van der Waals surface area contributed by atoms with Crippen molar-refractivity contribution in [3.05, 3.63) is 77.7 Å². The Kier molecular flexibility index (Phi) is 4.20. The number of benzene rings is 2. The standard InChI is InChI=1S/C21H20FN3/c1-15-20(16-11-13-23-14-12-16)24-25(17-7-3-2-4-8-17)21(15)18-9-5-6-10-19(18)22/h2-11,23H,12-14H2,1H3. The van der Waals surface area contributed by atoms with E-state index in [1.54, 1.807) is 6.07 Å². The maximum absolute atomic E-state index is 14.5. The summed E-state index contributed by atoms with van der Waals surface area (Å²) >= 11 is 0. The van der Waals surface area contributed by atoms with Crippen LogP contribution in [-0.4, -0.2) is 22.9 Å². The molecule has 0 bridgehead atoms. The molecule has 0 saturated heterocycles. The molecular formula is C21H20FN3. The molecule has 25 heavy (non-hydrogen) atoms. The predicted octanol–water partition coefficient (Wildman–Crippen LogP) is 4.36. The molecule has 0 fully saturated rings. The lowest BCUT2D eigenvalue weighted by Gasteiger charge is -2.12. The highest BCUT2D eigenvalue weighted by atomic mass is 19.1. The van der Waals surface area contributed by atoms with E-state index >= 15 is 0 Å². The van der Waals surface area contributed by atoms with E-state index in [2.05, 4.69) is 11.4 Å². The average molecular weight is 333 g/mol. The van der Waals surface area contributed by atoms with Crippen molar-refractivity contribution in [1.82, 2.24) is 15.1 Å². The highest BCUT2D eigenvalue weighted by Gasteiger charge is 2.22. The van der Waals surface area contributed by atoms with E-state index in [-0.39, 0.29) is 5.82 Å². The van der Waals surface area contributed by atoms with Gasteiger partial charge >= 0.3 is 0 Å². The zero-order chi connectivity index (χ0) is 17.2. The number of nitrogens with zero attached hydrogens (tertiary/aromatic N) is 2. The smallest absolute Gasteiger partial charge is 0.132 e. The first-order valence-corrected chi connectivity index (χ1v) is 8.56. The number of hydrogen-bond donors (Lipinski definition) is 1. The van der Waals surface area contributed by atoms with Crippen LogP contribution in [0.3, 0.4) is 0 Å². The number of nitrogens with one attached hydrogen (secondary N) is 1. The number of hydrogen-bond acceptors (Lipinski definition) is 2. The minimum atomic E-state index is -0.228. The fourth-order valence-electron chi connectivity index (χ4n) is 3.36. The van der Waals surface area contributed by atoms with Gasteiger partial charge in [0, 0.05) is 17.7 Å². The van der Waals surface area contributed by atoms with E-state index < -0.39 is 0 Å². The summed E-state index contributed by atoms with van der Waals surface area (Å²) < 4.78 is 16.4. The average Bonchev–Trinajstić information content (AvgIpc) is 3.01. The Morgan fingerprint density at radius 1 is 1.04 bits per heavy atom. The molecule has 2 aromatic carbocycles. The zero-order valence-corrected chi connectivity index (χ0v) is 14.2. The first-order chi connectivity index (χ1) is 12.3. The van der Waals surface area contributed by atoms with Crippen LogP contribution in [-0.2, 0) is 0 Å². The molecule has 0 atom stereocenters. The quantitative estimate of drug-likeness (QED) is 0.771. The number of halogens is 1. The second-order valence-corrected chi connectivity index (χ2v) is 6.23. The van der Waals surface area contributed by atoms with Gasteiger partial charge in [-0.15, -0.1) is 0 Å². The molecule has 0 spiro atoms. The summed E-state index contributed by atoms with van der Waals surface area (Å²) in [6.07, 6.45) is 3.11. The molecule has 2 heterocycles. The number of aromatic nitrogens is 2. The van der Waals surface area contributed by atoms with Crippen molar-refractivity contribution in [3.63, 3.8) is 0 Å². The lowest BCUT2D eigenvalue weighted by molar-refractivity contribution is 0.629. The fourth-order valence-corrected chi connectivity index (χ4v) is 3.36. The van der Waals surface area contributed by atoms with Gasteiger partial charge in [0.2, 0.25) is 0 Å². The molecule has 1 aliphatic rings. The second kappa shape index (κ2) is 6.65. The van der Waals surface area contributed by atoms with Crippen LogP contribution in [0.2, 0.25) is 0 Å². The largest absolute Gasteiger partial charge is 0.313 e. The van der Waals surface area contributed by atoms with E-state index in [0.717, 1.165) is 42.1 Å². The van der Waals surface area contributed by atoms with Gasteiger partial charge in [-0.25, -0.2) is 9.07 Å². The van der Waals surface area contributed by atoms with Gasteiger partial charge in [0.25, 0.3) is 0 Å². The topological polar surface area (TPSA) is 29.9 Å². The van der Waals surface area contributed by atoms with Crippen LogP contribution in [0.5, 0.6) is 0 Å². The summed E-state index contributed by atoms with van der Waals surface area (Å²) in [4.78, 5) is 0. The maximum Gasteiger partial charge on any atom is 0.132 e. The zero-order valence-electron chi connectivity index (χ0n) is 14.2. The van der Waals surface area contributed by atoms with Crippen LogP contribution >= 0.6 is 0 Å². The third-order valence-corrected chi connectivity index (χ3v) is 4.62. The molecule has 3 nitrogen and oxygen atoms in total. The molecule has 0 saturated carbocycles. The first-order valence-electron chi connectivity index (χ1n) is 8.56. The third kappa shape index (κ3) is 2.89. The van der Waals surface area contributed by atoms with Crippen molar-refractivity contribution in [2.24, 2.45) is 0 Å². The first kappa shape index (κ1) is 15.8. The SMILES string of the molecule is Cc1c(C2=CCNCC2)nn(-c2ccccc2)c1-c1ccccc1F. The van der Waals surface area contributed by atoms with Gasteiger partial charge in [-0.3, -0.25) is 0 Å². The van der Waals surface area contributed by atoms with Crippen LogP contribution in [0.25, 0.3) is 22.5 Å². The molecule has 126 valence electrons. The van der Waals surface area contributed by atoms with Gasteiger partial charge in [0.15, 0.2) is 0 Å². The van der Waals surface area contributed by atoms with Crippen LogP contribution < -0.4 is 5.32 Å². The maximum atomic E-state index is 14.5. The minimum absolute atomic E-state index is 0.228. The molecule has 0 amide bonds. The third-order valence-electron chi connectivity index (χ3n) is 4.62. The Labute approximate surface area is 146 Å². The van der Waals surface area contributed by atoms with Crippen molar-refractivity contribution in [1.29, 1.82) is 0 Å². The lowest BCUT2D eigenvalue weighted by atomic mass is 9.99. The Morgan fingerprint density at radius 3 is 2.52 bits per heavy atom. The normalized spacial score (nSPS) is 14.4. The Morgan fingerprint density at radius 2 is 1.80 bits per heavy atom. The molecule has 1 N–H and O–H groups in total. The highest BCUT2D eigenvalue weighted by molar-refractivity contribution is 5.75. The Balaban J connectivity index is 1.96. The van der Waals surface area contributed by atoms with Gasteiger partial charge in [-0.2, -0.15) is 5.10 Å². The monoisotopic (exact) mass is 333 g/mol. The van der Waals surface area contributed by atoms with Crippen molar-refractivity contribution in [2.45, 2.75) is 13.3 Å². The van der Waals surface area contributed by atoms with Crippen LogP contribution in [0, 0.1) is 12.7 Å². The second-order valence-electron chi connectivity index (χ2n) is 6.23. The minimum Gasteiger partial charge on any atom is -0.313 e. The summed E-state index contributed by atoms with van der Waals surface area (Å²) in [5, 5.41) is 8.20. The number of rotatable bonds is 3. The van der Waals surface area contributed by atoms with E-state index in [4.69, 9.17) is 5.10 Å². The van der Waals surface area contributed by atoms with Crippen molar-refractivity contribution in [3.8, 4) is 16.9 Å². The Bertz CT molecular complexity index is 926. The summed E-state index contributed by atoms with van der Waals surface area (Å²) in [5.41, 5.74) is 5.54. The van der Waals surface area contributed by atoms with Gasteiger partial charge in [0.05, 0.1) is 17.1 Å². The van der Waals surface area contributed by atoms with E-state index in [0.29, 0.717) is 5.56 Å². The van der Waals surface area contributed by atoms with Crippen molar-refractivity contribution >= 4 is 5.57 Å². The molecule has 1 aromatic heterocycles. The summed E-state index contributed by atoms with van der Waals surface area (Å²) in [6, 6.07) is 16.8. The van der Waals surface area contributed by atoms with Crippen molar-refractivity contribution in [2.75, 3.05) is 13.1 Å². The van der Waals surface area contributed by atoms with Gasteiger partial charge < -0.3 is 5.32 Å². The predicted molar refractivity (Wildman–Crippen MR) is 99.2 cm³/mol. The van der Waals surface area contributed by atoms with E-state index in [1.165, 1.54) is 11.6 Å². The molecule has 0 radical (unpaired) electrons. The van der Waals surface area contributed by atoms with Crippen LogP contribution in [0.15, 0.2) is 60.7 Å². The summed E-state index contributed by atoms with van der Waals surface area (Å²) in [7, 11) is 0. The molecule has 1 aliphatic heterocycles. The van der Waals surface area contributed by atoms with Crippen LogP contribution in [0.4, 0.5) is 4.39 Å². The van der Waals surface area contributed by atoms with Crippen LogP contribution in [0.1, 0.15) is 17.7 Å². The molecular weight excluding hydrogens is 313 g/mol. The molecule has 4 rings (SSSR count). The fraction of sp³-hybridized carbons (Fsp3) is 0.190. The molecule has 0 aliphatic carbocycles. The van der Waals surface area contributed by atoms with E-state index in [1.807, 2.05) is 54.1 Å². The molecule has 4 heteroatoms. The van der Waals surface area contributed by atoms with Gasteiger partial charge in [0.1, 0.15) is 5.82 Å². The van der Waals surface area contributed by atoms with Crippen molar-refractivity contribution < 1.29 is 4.39 Å². The molecule has 3 aromatic rings. The summed E-state index contributed by atoms with van der Waals surface area (Å²) in [5.74, 6) is -0.228. The molecule has 0 unspecified atom stereocenters. The summed E-state index contributed by atoms with van der Waals surface area (Å²) in [6.45, 7) is 3.83. The Hall–Kier alpha value is -2.72. The number of para-hydroxylation sites is 1. The van der Waals surface area contributed by atoms with Gasteiger partial charge in [-0.05, 0) is 49.7 Å². The highest BCUT2D eigenvalue weighted by Crippen LogP contribution is 2.34. The lowest BCUT2D eigenvalue weighted by Crippen LogP contribution is -2.20.